The van der Waals surface area contributed by atoms with Crippen LogP contribution in [0.3, 0.4) is 0 Å². The van der Waals surface area contributed by atoms with Crippen molar-refractivity contribution in [1.82, 2.24) is 9.55 Å². The van der Waals surface area contributed by atoms with Crippen LogP contribution in [0.1, 0.15) is 23.7 Å². The van der Waals surface area contributed by atoms with Gasteiger partial charge in [-0.25, -0.2) is 9.36 Å². The first kappa shape index (κ1) is 20.2. The molecule has 4 rings (SSSR count). The number of anilines is 1. The van der Waals surface area contributed by atoms with Crippen molar-refractivity contribution in [3.63, 3.8) is 0 Å². The highest BCUT2D eigenvalue weighted by atomic mass is 16.5. The van der Waals surface area contributed by atoms with Crippen molar-refractivity contribution in [3.05, 3.63) is 99.2 Å². The predicted molar refractivity (Wildman–Crippen MR) is 120 cm³/mol. The fraction of sp³-hybridized carbons (Fsp3) is 0.125. The van der Waals surface area contributed by atoms with Crippen LogP contribution in [0.2, 0.25) is 0 Å². The summed E-state index contributed by atoms with van der Waals surface area (Å²) in [4.78, 5) is 41.0. The second-order valence-electron chi connectivity index (χ2n) is 6.97. The number of nitrogens with one attached hydrogen (secondary N) is 2. The summed E-state index contributed by atoms with van der Waals surface area (Å²) in [5, 5.41) is 3.14. The minimum absolute atomic E-state index is 0.297. The van der Waals surface area contributed by atoms with Gasteiger partial charge in [-0.1, -0.05) is 37.3 Å². The summed E-state index contributed by atoms with van der Waals surface area (Å²) in [5.41, 5.74) is 0.612. The zero-order valence-corrected chi connectivity index (χ0v) is 16.9. The van der Waals surface area contributed by atoms with Gasteiger partial charge in [0.05, 0.1) is 28.9 Å². The van der Waals surface area contributed by atoms with Gasteiger partial charge in [0, 0.05) is 5.56 Å². The van der Waals surface area contributed by atoms with E-state index in [4.69, 9.17) is 4.74 Å². The molecule has 0 radical (unpaired) electrons. The van der Waals surface area contributed by atoms with E-state index in [0.717, 1.165) is 11.0 Å². The zero-order chi connectivity index (χ0) is 21.8. The third-order valence-corrected chi connectivity index (χ3v) is 4.77. The van der Waals surface area contributed by atoms with Crippen LogP contribution in [-0.2, 0) is 0 Å². The third-order valence-electron chi connectivity index (χ3n) is 4.77. The number of ether oxygens (including phenoxy) is 1. The summed E-state index contributed by atoms with van der Waals surface area (Å²) < 4.78 is 6.75. The number of carbonyl (C=O) groups excluding carboxylic acids is 1. The molecule has 0 saturated carbocycles. The summed E-state index contributed by atoms with van der Waals surface area (Å²) in [6, 6.07) is 20.5. The minimum Gasteiger partial charge on any atom is -0.491 e. The number of hydrogen-bond acceptors (Lipinski definition) is 4. The van der Waals surface area contributed by atoms with E-state index in [1.54, 1.807) is 60.7 Å². The number of amides is 1. The van der Waals surface area contributed by atoms with Crippen LogP contribution in [0, 0.1) is 0 Å². The van der Waals surface area contributed by atoms with E-state index in [-0.39, 0.29) is 5.91 Å². The molecule has 0 aliphatic rings. The van der Waals surface area contributed by atoms with Gasteiger partial charge in [-0.05, 0) is 48.9 Å². The molecule has 0 atom stereocenters. The molecular formula is C24H21N3O4. The van der Waals surface area contributed by atoms with Gasteiger partial charge in [0.25, 0.3) is 11.5 Å². The highest BCUT2D eigenvalue weighted by Gasteiger charge is 2.14. The van der Waals surface area contributed by atoms with Crippen molar-refractivity contribution < 1.29 is 9.53 Å². The topological polar surface area (TPSA) is 93.2 Å². The number of nitrogens with zero attached hydrogens (tertiary/aromatic N) is 1. The summed E-state index contributed by atoms with van der Waals surface area (Å²) in [5.74, 6) is 0.208. The van der Waals surface area contributed by atoms with E-state index in [2.05, 4.69) is 10.3 Å². The molecule has 0 aliphatic carbocycles. The smallest absolute Gasteiger partial charge is 0.333 e. The Morgan fingerprint density at radius 3 is 2.52 bits per heavy atom. The molecule has 0 saturated heterocycles. The Morgan fingerprint density at radius 1 is 1.00 bits per heavy atom. The van der Waals surface area contributed by atoms with Gasteiger partial charge in [0.2, 0.25) is 0 Å². The van der Waals surface area contributed by atoms with Crippen molar-refractivity contribution in [2.75, 3.05) is 11.9 Å². The number of carbonyl (C=O) groups is 1. The first-order chi connectivity index (χ1) is 15.1. The molecule has 0 fully saturated rings. The molecule has 7 heteroatoms. The number of hydrogen-bond donors (Lipinski definition) is 2. The summed E-state index contributed by atoms with van der Waals surface area (Å²) in [7, 11) is 0. The second kappa shape index (κ2) is 8.71. The lowest BCUT2D eigenvalue weighted by atomic mass is 10.1. The Balaban J connectivity index is 1.68. The molecule has 7 nitrogen and oxygen atoms in total. The van der Waals surface area contributed by atoms with Crippen LogP contribution in [0.5, 0.6) is 5.75 Å². The Hall–Kier alpha value is -4.13. The van der Waals surface area contributed by atoms with Crippen molar-refractivity contribution in [3.8, 4) is 11.4 Å². The summed E-state index contributed by atoms with van der Waals surface area (Å²) >= 11 is 0. The number of aromatic nitrogens is 2. The number of aromatic amines is 1. The molecule has 1 amide bonds. The molecule has 31 heavy (non-hydrogen) atoms. The van der Waals surface area contributed by atoms with E-state index in [0.29, 0.717) is 40.2 Å². The van der Waals surface area contributed by atoms with E-state index < -0.39 is 11.2 Å². The average molecular weight is 415 g/mol. The average Bonchev–Trinajstić information content (AvgIpc) is 2.79. The van der Waals surface area contributed by atoms with Gasteiger partial charge in [-0.2, -0.15) is 0 Å². The number of fused-ring (bicyclic) bond motifs is 1. The molecule has 4 aromatic rings. The van der Waals surface area contributed by atoms with Gasteiger partial charge < -0.3 is 15.0 Å². The molecular weight excluding hydrogens is 394 g/mol. The van der Waals surface area contributed by atoms with E-state index >= 15 is 0 Å². The third kappa shape index (κ3) is 4.11. The van der Waals surface area contributed by atoms with Crippen molar-refractivity contribution in [1.29, 1.82) is 0 Å². The number of H-pyrrole nitrogens is 1. The maximum atomic E-state index is 12.9. The summed E-state index contributed by atoms with van der Waals surface area (Å²) in [6.07, 6.45) is 0.848. The number of benzene rings is 3. The maximum Gasteiger partial charge on any atom is 0.333 e. The summed E-state index contributed by atoms with van der Waals surface area (Å²) in [6.45, 7) is 2.54. The van der Waals surface area contributed by atoms with Gasteiger partial charge in [-0.15, -0.1) is 0 Å². The SMILES string of the molecule is CCCOc1ccccc1NC(=O)c1ccc2c(=O)n(-c3ccccc3)c(=O)[nH]c2c1. The van der Waals surface area contributed by atoms with Crippen LogP contribution in [-0.4, -0.2) is 22.1 Å². The molecule has 0 bridgehead atoms. The molecule has 3 aromatic carbocycles. The molecule has 156 valence electrons. The predicted octanol–water partition coefficient (Wildman–Crippen LogP) is 3.72. The van der Waals surface area contributed by atoms with Crippen LogP contribution in [0.4, 0.5) is 5.69 Å². The van der Waals surface area contributed by atoms with E-state index in [1.807, 2.05) is 13.0 Å². The van der Waals surface area contributed by atoms with Crippen LogP contribution in [0.15, 0.2) is 82.4 Å². The second-order valence-corrected chi connectivity index (χ2v) is 6.97. The molecule has 2 N–H and O–H groups in total. The molecule has 0 aliphatic heterocycles. The lowest BCUT2D eigenvalue weighted by Gasteiger charge is -2.12. The van der Waals surface area contributed by atoms with Gasteiger partial charge in [0.1, 0.15) is 5.75 Å². The standard InChI is InChI=1S/C24H21N3O4/c1-2-14-31-21-11-7-6-10-19(21)25-22(28)16-12-13-18-20(15-16)26-24(30)27(23(18)29)17-8-4-3-5-9-17/h3-13,15H,2,14H2,1H3,(H,25,28)(H,26,30). The molecule has 1 heterocycles. The largest absolute Gasteiger partial charge is 0.491 e. The monoisotopic (exact) mass is 415 g/mol. The molecule has 1 aromatic heterocycles. The lowest BCUT2D eigenvalue weighted by Crippen LogP contribution is -2.33. The van der Waals surface area contributed by atoms with Crippen LogP contribution >= 0.6 is 0 Å². The normalized spacial score (nSPS) is 10.7. The highest BCUT2D eigenvalue weighted by molar-refractivity contribution is 6.06. The Bertz CT molecular complexity index is 1360. The van der Waals surface area contributed by atoms with E-state index in [1.165, 1.54) is 6.07 Å². The zero-order valence-electron chi connectivity index (χ0n) is 16.9. The Labute approximate surface area is 177 Å². The number of para-hydroxylation sites is 3. The number of rotatable bonds is 6. The highest BCUT2D eigenvalue weighted by Crippen LogP contribution is 2.24. The molecule has 0 unspecified atom stereocenters. The quantitative estimate of drug-likeness (QED) is 0.502. The van der Waals surface area contributed by atoms with Crippen LogP contribution in [0.25, 0.3) is 16.6 Å². The fourth-order valence-electron chi connectivity index (χ4n) is 3.27. The van der Waals surface area contributed by atoms with Crippen LogP contribution < -0.4 is 21.3 Å². The van der Waals surface area contributed by atoms with E-state index in [9.17, 15) is 14.4 Å². The first-order valence-corrected chi connectivity index (χ1v) is 9.96. The van der Waals surface area contributed by atoms with Gasteiger partial charge >= 0.3 is 5.69 Å². The Morgan fingerprint density at radius 2 is 1.74 bits per heavy atom. The molecule has 0 spiro atoms. The first-order valence-electron chi connectivity index (χ1n) is 9.96. The minimum atomic E-state index is -0.570. The van der Waals surface area contributed by atoms with Gasteiger partial charge in [-0.3, -0.25) is 9.59 Å². The fourth-order valence-corrected chi connectivity index (χ4v) is 3.27. The van der Waals surface area contributed by atoms with Crippen molar-refractivity contribution in [2.24, 2.45) is 0 Å². The van der Waals surface area contributed by atoms with Gasteiger partial charge in [0.15, 0.2) is 0 Å². The maximum absolute atomic E-state index is 12.9. The van der Waals surface area contributed by atoms with Crippen molar-refractivity contribution >= 4 is 22.5 Å². The Kier molecular flexibility index (Phi) is 5.66. The lowest BCUT2D eigenvalue weighted by molar-refractivity contribution is 0.102. The van der Waals surface area contributed by atoms with Crippen molar-refractivity contribution in [2.45, 2.75) is 13.3 Å².